The van der Waals surface area contributed by atoms with Crippen molar-refractivity contribution in [3.05, 3.63) is 0 Å². The molecule has 0 saturated heterocycles. The highest BCUT2D eigenvalue weighted by atomic mass is 32.2. The van der Waals surface area contributed by atoms with Crippen LogP contribution in [0, 0.1) is 0 Å². The fraction of sp³-hybridized carbons (Fsp3) is 0.750. The Hall–Kier alpha value is -0.700. The highest BCUT2D eigenvalue weighted by Crippen LogP contribution is 2.20. The maximum atomic E-state index is 11.9. The summed E-state index contributed by atoms with van der Waals surface area (Å²) in [4.78, 5) is 18.1. The third kappa shape index (κ3) is 6.65. The van der Waals surface area contributed by atoms with Crippen molar-refractivity contribution < 1.29 is 9.90 Å². The predicted octanol–water partition coefficient (Wildman–Crippen LogP) is 1.68. The van der Waals surface area contributed by atoms with Crippen LogP contribution in [-0.2, 0) is 4.79 Å². The van der Waals surface area contributed by atoms with Crippen LogP contribution in [-0.4, -0.2) is 57.3 Å². The number of likely N-dealkylation sites (N-methyl/N-ethyl adjacent to an activating group) is 1. The van der Waals surface area contributed by atoms with Gasteiger partial charge in [-0.25, -0.2) is 0 Å². The van der Waals surface area contributed by atoms with Gasteiger partial charge >= 0.3 is 0 Å². The number of thioether (sulfide) groups is 1. The third-order valence-electron chi connectivity index (χ3n) is 2.54. The monoisotopic (exact) mass is 318 g/mol. The summed E-state index contributed by atoms with van der Waals surface area (Å²) in [5.41, 5.74) is 0. The number of aromatic nitrogens is 2. The molecule has 8 heteroatoms. The minimum atomic E-state index is -0.0898. The van der Waals surface area contributed by atoms with E-state index in [-0.39, 0.29) is 12.5 Å². The van der Waals surface area contributed by atoms with Gasteiger partial charge in [0, 0.05) is 30.4 Å². The van der Waals surface area contributed by atoms with Gasteiger partial charge in [-0.15, -0.1) is 0 Å². The topological polar surface area (TPSA) is 78.4 Å². The van der Waals surface area contributed by atoms with Crippen LogP contribution in [0.15, 0.2) is 5.16 Å². The van der Waals surface area contributed by atoms with Crippen molar-refractivity contribution in [3.8, 4) is 0 Å². The van der Waals surface area contributed by atoms with E-state index in [1.54, 1.807) is 11.8 Å². The van der Waals surface area contributed by atoms with Crippen molar-refractivity contribution in [2.24, 2.45) is 0 Å². The summed E-state index contributed by atoms with van der Waals surface area (Å²) in [6, 6.07) is 0. The van der Waals surface area contributed by atoms with Gasteiger partial charge in [-0.05, 0) is 19.4 Å². The van der Waals surface area contributed by atoms with E-state index in [1.165, 1.54) is 11.5 Å². The van der Waals surface area contributed by atoms with Crippen LogP contribution in [0.2, 0.25) is 0 Å². The average molecular weight is 318 g/mol. The first kappa shape index (κ1) is 17.4. The molecule has 0 radical (unpaired) electrons. The second kappa shape index (κ2) is 10.1. The third-order valence-corrected chi connectivity index (χ3v) is 4.34. The molecule has 0 saturated carbocycles. The smallest absolute Gasteiger partial charge is 0.240 e. The number of nitrogens with one attached hydrogen (secondary N) is 1. The van der Waals surface area contributed by atoms with Gasteiger partial charge in [-0.3, -0.25) is 15.0 Å². The van der Waals surface area contributed by atoms with E-state index in [4.69, 9.17) is 5.11 Å². The van der Waals surface area contributed by atoms with Gasteiger partial charge in [-0.2, -0.15) is 9.36 Å². The van der Waals surface area contributed by atoms with E-state index in [0.29, 0.717) is 24.6 Å². The van der Waals surface area contributed by atoms with E-state index in [9.17, 15) is 4.79 Å². The number of aliphatic hydroxyl groups excluding tert-OH is 1. The Labute approximate surface area is 128 Å². The molecule has 0 aliphatic heterocycles. The van der Waals surface area contributed by atoms with E-state index in [0.717, 1.165) is 23.9 Å². The summed E-state index contributed by atoms with van der Waals surface area (Å²) in [7, 11) is 0. The average Bonchev–Trinajstić information content (AvgIpc) is 2.88. The lowest BCUT2D eigenvalue weighted by molar-refractivity contribution is -0.117. The molecule has 0 unspecified atom stereocenters. The van der Waals surface area contributed by atoms with Crippen LogP contribution in [0.1, 0.15) is 26.7 Å². The van der Waals surface area contributed by atoms with Crippen LogP contribution in [0.3, 0.4) is 0 Å². The van der Waals surface area contributed by atoms with Crippen molar-refractivity contribution in [3.63, 3.8) is 0 Å². The van der Waals surface area contributed by atoms with Crippen molar-refractivity contribution in [2.75, 3.05) is 37.3 Å². The molecule has 0 aliphatic carbocycles. The van der Waals surface area contributed by atoms with E-state index >= 15 is 0 Å². The Morgan fingerprint density at radius 1 is 1.50 bits per heavy atom. The number of anilines is 1. The standard InChI is InChI=1S/C12H22N4O2S2/c1-3-8-19-12-14-11(20-15-12)13-10(18)9-16(4-2)6-5-7-17/h17H,3-9H2,1-2H3,(H,13,14,15,18). The molecule has 1 aromatic rings. The highest BCUT2D eigenvalue weighted by Gasteiger charge is 2.11. The maximum absolute atomic E-state index is 11.9. The minimum absolute atomic E-state index is 0.0898. The van der Waals surface area contributed by atoms with E-state index in [1.807, 2.05) is 11.8 Å². The molecule has 114 valence electrons. The van der Waals surface area contributed by atoms with Crippen LogP contribution in [0.4, 0.5) is 5.13 Å². The quantitative estimate of drug-likeness (QED) is 0.639. The Morgan fingerprint density at radius 2 is 2.30 bits per heavy atom. The number of hydrogen-bond donors (Lipinski definition) is 2. The van der Waals surface area contributed by atoms with Gasteiger partial charge in [0.1, 0.15) is 0 Å². The van der Waals surface area contributed by atoms with Gasteiger partial charge in [-0.1, -0.05) is 25.6 Å². The molecule has 0 aliphatic rings. The molecule has 0 aromatic carbocycles. The SMILES string of the molecule is CCCSc1nsc(NC(=O)CN(CC)CCCO)n1. The summed E-state index contributed by atoms with van der Waals surface area (Å²) < 4.78 is 4.19. The summed E-state index contributed by atoms with van der Waals surface area (Å²) in [6.07, 6.45) is 1.75. The number of carbonyl (C=O) groups excluding carboxylic acids is 1. The number of amides is 1. The highest BCUT2D eigenvalue weighted by molar-refractivity contribution is 7.99. The number of rotatable bonds is 10. The largest absolute Gasteiger partial charge is 0.396 e. The first-order valence-corrected chi connectivity index (χ1v) is 8.55. The van der Waals surface area contributed by atoms with Crippen LogP contribution in [0.5, 0.6) is 0 Å². The molecule has 0 fully saturated rings. The Bertz CT molecular complexity index is 401. The lowest BCUT2D eigenvalue weighted by Crippen LogP contribution is -2.34. The fourth-order valence-electron chi connectivity index (χ4n) is 1.52. The van der Waals surface area contributed by atoms with E-state index in [2.05, 4.69) is 21.6 Å². The van der Waals surface area contributed by atoms with Crippen molar-refractivity contribution in [1.82, 2.24) is 14.3 Å². The zero-order valence-electron chi connectivity index (χ0n) is 12.0. The molecule has 6 nitrogen and oxygen atoms in total. The molecule has 1 amide bonds. The predicted molar refractivity (Wildman–Crippen MR) is 83.4 cm³/mol. The second-order valence-electron chi connectivity index (χ2n) is 4.22. The molecule has 20 heavy (non-hydrogen) atoms. The summed E-state index contributed by atoms with van der Waals surface area (Å²) in [5, 5.41) is 12.8. The van der Waals surface area contributed by atoms with Gasteiger partial charge in [0.25, 0.3) is 0 Å². The van der Waals surface area contributed by atoms with Crippen molar-refractivity contribution >= 4 is 34.3 Å². The number of hydrogen-bond acceptors (Lipinski definition) is 7. The molecule has 1 heterocycles. The Kier molecular flexibility index (Phi) is 8.75. The zero-order valence-corrected chi connectivity index (χ0v) is 13.6. The van der Waals surface area contributed by atoms with E-state index < -0.39 is 0 Å². The Morgan fingerprint density at radius 3 is 2.95 bits per heavy atom. The number of carbonyl (C=O) groups is 1. The minimum Gasteiger partial charge on any atom is -0.396 e. The van der Waals surface area contributed by atoms with Gasteiger partial charge in [0.2, 0.25) is 16.2 Å². The summed E-state index contributed by atoms with van der Waals surface area (Å²) in [6.45, 7) is 6.05. The van der Waals surface area contributed by atoms with Gasteiger partial charge in [0.05, 0.1) is 6.54 Å². The number of aliphatic hydroxyl groups is 1. The van der Waals surface area contributed by atoms with Crippen molar-refractivity contribution in [1.29, 1.82) is 0 Å². The molecular formula is C12H22N4O2S2. The fourth-order valence-corrected chi connectivity index (χ4v) is 2.93. The van der Waals surface area contributed by atoms with Crippen LogP contribution < -0.4 is 5.32 Å². The van der Waals surface area contributed by atoms with Crippen LogP contribution in [0.25, 0.3) is 0 Å². The zero-order chi connectivity index (χ0) is 14.8. The molecule has 1 aromatic heterocycles. The lowest BCUT2D eigenvalue weighted by atomic mass is 10.4. The van der Waals surface area contributed by atoms with Gasteiger partial charge in [0.15, 0.2) is 0 Å². The first-order valence-electron chi connectivity index (χ1n) is 6.79. The maximum Gasteiger partial charge on any atom is 0.240 e. The summed E-state index contributed by atoms with van der Waals surface area (Å²) >= 11 is 2.80. The molecule has 2 N–H and O–H groups in total. The van der Waals surface area contributed by atoms with Gasteiger partial charge < -0.3 is 5.11 Å². The summed E-state index contributed by atoms with van der Waals surface area (Å²) in [5.74, 6) is 0.891. The first-order chi connectivity index (χ1) is 9.69. The molecule has 0 spiro atoms. The lowest BCUT2D eigenvalue weighted by Gasteiger charge is -2.18. The number of nitrogens with zero attached hydrogens (tertiary/aromatic N) is 3. The Balaban J connectivity index is 2.38. The molecule has 1 rings (SSSR count). The second-order valence-corrected chi connectivity index (χ2v) is 6.04. The normalized spacial score (nSPS) is 11.0. The molecular weight excluding hydrogens is 296 g/mol. The molecule has 0 bridgehead atoms. The van der Waals surface area contributed by atoms with Crippen LogP contribution >= 0.6 is 23.3 Å². The van der Waals surface area contributed by atoms with Crippen molar-refractivity contribution in [2.45, 2.75) is 31.8 Å². The molecule has 0 atom stereocenters.